The number of esters is 4. The standard InChI is InChI=1S/C33H40O11/c1-17-15-33(39)24(25(17)42-20(4)36)27(43-28(37)21-11-9-8-10-12-21)32(16-40-18(2)34)23(41-19(3)35)14-13-22-26(32)31(7,29(33)38)44-30(22,5)6/h8-14,17,22-27,39H,15-16H2,1-7H3/t17-,22-,23+,24+,25-,26-,27+,31-,32+,33+/m0/s1. The van der Waals surface area contributed by atoms with Crippen molar-refractivity contribution in [2.45, 2.75) is 90.0 Å². The molecule has 1 aliphatic heterocycles. The third-order valence-corrected chi connectivity index (χ3v) is 10.00. The Bertz CT molecular complexity index is 1400. The molecule has 11 nitrogen and oxygen atoms in total. The van der Waals surface area contributed by atoms with Crippen LogP contribution in [0.15, 0.2) is 42.5 Å². The van der Waals surface area contributed by atoms with Gasteiger partial charge in [-0.15, -0.1) is 0 Å². The van der Waals surface area contributed by atoms with E-state index < -0.39 is 100 Å². The second-order valence-electron chi connectivity index (χ2n) is 13.4. The second-order valence-corrected chi connectivity index (χ2v) is 13.4. The van der Waals surface area contributed by atoms with Crippen molar-refractivity contribution in [3.05, 3.63) is 48.0 Å². The molecule has 1 heterocycles. The zero-order valence-corrected chi connectivity index (χ0v) is 26.0. The van der Waals surface area contributed by atoms with Gasteiger partial charge >= 0.3 is 23.9 Å². The molecule has 2 saturated carbocycles. The lowest BCUT2D eigenvalue weighted by atomic mass is 9.54. The van der Waals surface area contributed by atoms with Gasteiger partial charge < -0.3 is 28.8 Å². The first-order valence-corrected chi connectivity index (χ1v) is 14.9. The van der Waals surface area contributed by atoms with E-state index in [4.69, 9.17) is 23.7 Å². The molecule has 0 spiro atoms. The number of ketones is 1. The SMILES string of the molecule is CC(=O)OC[C@@]12[C@H](OC(=O)c3ccccc3)[C@H]3[C@@H](OC(C)=O)[C@@H](C)C[C@]3(O)C(=O)[C@@]3(C)OC(C)(C)[C@@H](C=C[C@H]1OC(C)=O)[C@H]23. The maximum atomic E-state index is 14.9. The average molecular weight is 613 g/mol. The van der Waals surface area contributed by atoms with E-state index in [9.17, 15) is 29.1 Å². The molecule has 10 atom stereocenters. The highest BCUT2D eigenvalue weighted by Crippen LogP contribution is 2.67. The minimum Gasteiger partial charge on any atom is -0.465 e. The first-order chi connectivity index (χ1) is 20.5. The first kappa shape index (κ1) is 31.8. The highest BCUT2D eigenvalue weighted by atomic mass is 16.6. The van der Waals surface area contributed by atoms with E-state index in [0.29, 0.717) is 0 Å². The summed E-state index contributed by atoms with van der Waals surface area (Å²) in [5.74, 6) is -6.81. The minimum atomic E-state index is -2.21. The fraction of sp³-hybridized carbons (Fsp3) is 0.606. The summed E-state index contributed by atoms with van der Waals surface area (Å²) in [5.41, 5.74) is -6.41. The van der Waals surface area contributed by atoms with Crippen molar-refractivity contribution in [3.8, 4) is 0 Å². The molecule has 1 saturated heterocycles. The lowest BCUT2D eigenvalue weighted by molar-refractivity contribution is -0.204. The van der Waals surface area contributed by atoms with E-state index in [2.05, 4.69) is 0 Å². The molecule has 1 aromatic carbocycles. The molecule has 238 valence electrons. The Morgan fingerprint density at radius 2 is 1.57 bits per heavy atom. The summed E-state index contributed by atoms with van der Waals surface area (Å²) in [7, 11) is 0. The van der Waals surface area contributed by atoms with Crippen molar-refractivity contribution < 1.29 is 52.8 Å². The van der Waals surface area contributed by atoms with Gasteiger partial charge in [0.1, 0.15) is 36.1 Å². The van der Waals surface area contributed by atoms with Gasteiger partial charge in [-0.05, 0) is 51.3 Å². The Hall–Kier alpha value is -3.57. The number of Topliss-reactive ketones (excluding diaryl/α,β-unsaturated/α-hetero) is 1. The summed E-state index contributed by atoms with van der Waals surface area (Å²) in [5, 5.41) is 12.6. The number of aliphatic hydroxyl groups is 1. The molecule has 44 heavy (non-hydrogen) atoms. The lowest BCUT2D eigenvalue weighted by Crippen LogP contribution is -2.64. The highest BCUT2D eigenvalue weighted by molar-refractivity contribution is 5.97. The van der Waals surface area contributed by atoms with E-state index in [0.717, 1.165) is 0 Å². The topological polar surface area (TPSA) is 152 Å². The fourth-order valence-corrected chi connectivity index (χ4v) is 8.64. The molecule has 0 radical (unpaired) electrons. The van der Waals surface area contributed by atoms with Crippen molar-refractivity contribution in [2.75, 3.05) is 6.61 Å². The number of fused-ring (bicyclic) bond motifs is 1. The second kappa shape index (κ2) is 10.8. The normalized spacial score (nSPS) is 39.8. The lowest BCUT2D eigenvalue weighted by Gasteiger charge is -2.53. The van der Waals surface area contributed by atoms with Crippen LogP contribution in [0.2, 0.25) is 0 Å². The Kier molecular flexibility index (Phi) is 7.82. The van der Waals surface area contributed by atoms with Crippen molar-refractivity contribution in [1.82, 2.24) is 0 Å². The predicted octanol–water partition coefficient (Wildman–Crippen LogP) is 2.96. The quantitative estimate of drug-likeness (QED) is 0.287. The third-order valence-electron chi connectivity index (χ3n) is 10.00. The van der Waals surface area contributed by atoms with E-state index in [1.165, 1.54) is 20.8 Å². The summed E-state index contributed by atoms with van der Waals surface area (Å²) < 4.78 is 30.4. The Labute approximate surface area is 256 Å². The van der Waals surface area contributed by atoms with E-state index in [-0.39, 0.29) is 12.0 Å². The molecule has 1 N–H and O–H groups in total. The van der Waals surface area contributed by atoms with Crippen LogP contribution in [0.5, 0.6) is 0 Å². The van der Waals surface area contributed by atoms with Crippen LogP contribution >= 0.6 is 0 Å². The van der Waals surface area contributed by atoms with Gasteiger partial charge in [-0.2, -0.15) is 0 Å². The number of rotatable bonds is 6. The van der Waals surface area contributed by atoms with Gasteiger partial charge in [-0.1, -0.05) is 31.2 Å². The van der Waals surface area contributed by atoms with Gasteiger partial charge in [0.25, 0.3) is 0 Å². The van der Waals surface area contributed by atoms with Crippen LogP contribution in [0.1, 0.15) is 65.2 Å². The largest absolute Gasteiger partial charge is 0.465 e. The Balaban J connectivity index is 1.86. The summed E-state index contributed by atoms with van der Waals surface area (Å²) in [4.78, 5) is 66.3. The van der Waals surface area contributed by atoms with Gasteiger partial charge in [-0.3, -0.25) is 19.2 Å². The molecule has 4 aliphatic rings. The molecule has 0 bridgehead atoms. The van der Waals surface area contributed by atoms with E-state index in [1.54, 1.807) is 56.3 Å². The molecule has 3 aliphatic carbocycles. The molecule has 11 heteroatoms. The molecule has 0 amide bonds. The van der Waals surface area contributed by atoms with Crippen molar-refractivity contribution in [2.24, 2.45) is 29.1 Å². The van der Waals surface area contributed by atoms with Crippen molar-refractivity contribution >= 4 is 29.7 Å². The van der Waals surface area contributed by atoms with Gasteiger partial charge in [0.05, 0.1) is 22.5 Å². The first-order valence-electron chi connectivity index (χ1n) is 14.9. The predicted molar refractivity (Wildman–Crippen MR) is 153 cm³/mol. The molecule has 0 unspecified atom stereocenters. The number of hydrogen-bond acceptors (Lipinski definition) is 11. The Morgan fingerprint density at radius 1 is 0.932 bits per heavy atom. The number of hydrogen-bond donors (Lipinski definition) is 1. The van der Waals surface area contributed by atoms with Crippen molar-refractivity contribution in [1.29, 1.82) is 0 Å². The summed E-state index contributed by atoms with van der Waals surface area (Å²) in [6, 6.07) is 8.14. The molecule has 0 aromatic heterocycles. The molecule has 3 fully saturated rings. The van der Waals surface area contributed by atoms with E-state index >= 15 is 0 Å². The molecular weight excluding hydrogens is 572 g/mol. The maximum Gasteiger partial charge on any atom is 0.338 e. The van der Waals surface area contributed by atoms with Gasteiger partial charge in [0, 0.05) is 32.6 Å². The number of benzene rings is 1. The summed E-state index contributed by atoms with van der Waals surface area (Å²) in [6.45, 7) is 10.1. The molecule has 1 aromatic rings. The number of ether oxygens (including phenoxy) is 5. The number of carbonyl (C=O) groups is 5. The van der Waals surface area contributed by atoms with Gasteiger partial charge in [0.2, 0.25) is 0 Å². The monoisotopic (exact) mass is 612 g/mol. The zero-order chi connectivity index (χ0) is 32.4. The van der Waals surface area contributed by atoms with Crippen LogP contribution in [0.25, 0.3) is 0 Å². The van der Waals surface area contributed by atoms with Crippen LogP contribution in [-0.4, -0.2) is 76.5 Å². The van der Waals surface area contributed by atoms with E-state index in [1.807, 2.05) is 13.8 Å². The van der Waals surface area contributed by atoms with Crippen LogP contribution in [0, 0.1) is 29.1 Å². The van der Waals surface area contributed by atoms with Crippen LogP contribution in [0.4, 0.5) is 0 Å². The van der Waals surface area contributed by atoms with Crippen molar-refractivity contribution in [3.63, 3.8) is 0 Å². The molecule has 5 rings (SSSR count). The van der Waals surface area contributed by atoms with Crippen LogP contribution in [-0.2, 0) is 42.9 Å². The number of carbonyl (C=O) groups excluding carboxylic acids is 5. The minimum absolute atomic E-state index is 0.125. The Morgan fingerprint density at radius 3 is 2.16 bits per heavy atom. The summed E-state index contributed by atoms with van der Waals surface area (Å²) in [6.07, 6.45) is -0.452. The average Bonchev–Trinajstić information content (AvgIpc) is 3.30. The van der Waals surface area contributed by atoms with Crippen LogP contribution in [0.3, 0.4) is 0 Å². The zero-order valence-electron chi connectivity index (χ0n) is 26.0. The van der Waals surface area contributed by atoms with Crippen LogP contribution < -0.4 is 0 Å². The highest BCUT2D eigenvalue weighted by Gasteiger charge is 2.80. The maximum absolute atomic E-state index is 14.9. The van der Waals surface area contributed by atoms with Gasteiger partial charge in [0.15, 0.2) is 5.78 Å². The molecular formula is C33H40O11. The smallest absolute Gasteiger partial charge is 0.338 e. The third kappa shape index (κ3) is 4.75. The summed E-state index contributed by atoms with van der Waals surface area (Å²) >= 11 is 0. The fourth-order valence-electron chi connectivity index (χ4n) is 8.64. The van der Waals surface area contributed by atoms with Gasteiger partial charge in [-0.25, -0.2) is 4.79 Å².